The molecule has 0 radical (unpaired) electrons. The zero-order valence-corrected chi connectivity index (χ0v) is 17.6. The highest BCUT2D eigenvalue weighted by atomic mass is 28.4. The van der Waals surface area contributed by atoms with Crippen LogP contribution in [0.25, 0.3) is 0 Å². The van der Waals surface area contributed by atoms with Gasteiger partial charge < -0.3 is 17.4 Å². The van der Waals surface area contributed by atoms with Crippen molar-refractivity contribution < 1.29 is 17.4 Å². The van der Waals surface area contributed by atoms with E-state index in [2.05, 4.69) is 26.2 Å². The largest absolute Gasteiger partial charge is 0.500 e. The Morgan fingerprint density at radius 3 is 1.60 bits per heavy atom. The lowest BCUT2D eigenvalue weighted by Crippen LogP contribution is -2.42. The fraction of sp³-hybridized carbons (Fsp3) is 1.00. The standard InChI is InChI=1S/C13H34O4Si3/c1-14-20(15-2,16-3)13-11-9-8-10-12-19(6,7)17-18(4)5/h18H,8-13H2,1-7H3. The number of hydrogen-bond donors (Lipinski definition) is 0. The molecule has 0 atom stereocenters. The summed E-state index contributed by atoms with van der Waals surface area (Å²) in [5, 5.41) is 0. The molecule has 0 aliphatic heterocycles. The molecule has 0 heterocycles. The highest BCUT2D eigenvalue weighted by molar-refractivity contribution is 6.77. The van der Waals surface area contributed by atoms with Crippen molar-refractivity contribution in [3.8, 4) is 0 Å². The van der Waals surface area contributed by atoms with Crippen LogP contribution >= 0.6 is 0 Å². The quantitative estimate of drug-likeness (QED) is 0.402. The van der Waals surface area contributed by atoms with E-state index in [0.29, 0.717) is 0 Å². The van der Waals surface area contributed by atoms with Gasteiger partial charge in [0.1, 0.15) is 0 Å². The Balaban J connectivity index is 3.77. The molecule has 7 heteroatoms. The van der Waals surface area contributed by atoms with Crippen molar-refractivity contribution in [3.63, 3.8) is 0 Å². The van der Waals surface area contributed by atoms with Crippen LogP contribution in [0.4, 0.5) is 0 Å². The molecule has 122 valence electrons. The maximum Gasteiger partial charge on any atom is 0.500 e. The first-order valence-electron chi connectivity index (χ1n) is 7.64. The van der Waals surface area contributed by atoms with Gasteiger partial charge in [0.15, 0.2) is 17.4 Å². The van der Waals surface area contributed by atoms with Crippen LogP contribution in [-0.4, -0.2) is 47.5 Å². The second kappa shape index (κ2) is 10.3. The molecule has 0 bridgehead atoms. The van der Waals surface area contributed by atoms with Crippen LogP contribution in [0.15, 0.2) is 0 Å². The fourth-order valence-electron chi connectivity index (χ4n) is 2.50. The summed E-state index contributed by atoms with van der Waals surface area (Å²) in [6.45, 7) is 9.22. The lowest BCUT2D eigenvalue weighted by molar-refractivity contribution is 0.122. The Morgan fingerprint density at radius 1 is 0.750 bits per heavy atom. The maximum absolute atomic E-state index is 6.18. The Hall–Kier alpha value is 0.491. The highest BCUT2D eigenvalue weighted by Gasteiger charge is 2.36. The summed E-state index contributed by atoms with van der Waals surface area (Å²) < 4.78 is 22.5. The summed E-state index contributed by atoms with van der Waals surface area (Å²) in [6, 6.07) is 2.19. The third-order valence-corrected chi connectivity index (χ3v) is 12.3. The van der Waals surface area contributed by atoms with Crippen molar-refractivity contribution in [1.29, 1.82) is 0 Å². The van der Waals surface area contributed by atoms with Crippen LogP contribution in [0.5, 0.6) is 0 Å². The van der Waals surface area contributed by atoms with Gasteiger partial charge in [0.05, 0.1) is 0 Å². The highest BCUT2D eigenvalue weighted by Crippen LogP contribution is 2.20. The average Bonchev–Trinajstić information content (AvgIpc) is 2.37. The molecule has 0 unspecified atom stereocenters. The van der Waals surface area contributed by atoms with E-state index in [1.54, 1.807) is 21.3 Å². The van der Waals surface area contributed by atoms with E-state index in [1.807, 2.05) is 0 Å². The normalized spacial score (nSPS) is 13.2. The molecule has 0 N–H and O–H groups in total. The van der Waals surface area contributed by atoms with Gasteiger partial charge in [0.25, 0.3) is 0 Å². The van der Waals surface area contributed by atoms with Crippen LogP contribution in [0.3, 0.4) is 0 Å². The molecule has 0 aromatic heterocycles. The second-order valence-electron chi connectivity index (χ2n) is 6.14. The van der Waals surface area contributed by atoms with Crippen molar-refractivity contribution in [2.75, 3.05) is 21.3 Å². The molecule has 0 spiro atoms. The first-order valence-corrected chi connectivity index (χ1v) is 15.5. The van der Waals surface area contributed by atoms with E-state index in [1.165, 1.54) is 25.3 Å². The smallest absolute Gasteiger partial charge is 0.458 e. The van der Waals surface area contributed by atoms with Gasteiger partial charge in [-0.2, -0.15) is 0 Å². The van der Waals surface area contributed by atoms with Gasteiger partial charge in [-0.15, -0.1) is 0 Å². The van der Waals surface area contributed by atoms with Gasteiger partial charge in [0, 0.05) is 27.4 Å². The Bertz CT molecular complexity index is 238. The zero-order valence-electron chi connectivity index (χ0n) is 14.5. The van der Waals surface area contributed by atoms with Gasteiger partial charge in [0.2, 0.25) is 0 Å². The predicted octanol–water partition coefficient (Wildman–Crippen LogP) is 3.63. The minimum atomic E-state index is -2.35. The summed E-state index contributed by atoms with van der Waals surface area (Å²) in [6.07, 6.45) is 4.88. The molecule has 0 rings (SSSR count). The Labute approximate surface area is 129 Å². The van der Waals surface area contributed by atoms with Gasteiger partial charge in [-0.25, -0.2) is 0 Å². The number of unbranched alkanes of at least 4 members (excludes halogenated alkanes) is 3. The summed E-state index contributed by atoms with van der Waals surface area (Å²) in [5.41, 5.74) is 0. The molecular weight excluding hydrogens is 304 g/mol. The zero-order chi connectivity index (χ0) is 15.6. The number of hydrogen-bond acceptors (Lipinski definition) is 4. The van der Waals surface area contributed by atoms with Crippen LogP contribution in [0.1, 0.15) is 25.7 Å². The fourth-order valence-corrected chi connectivity index (χ4v) is 11.0. The molecular formula is C13H34O4Si3. The molecule has 0 aliphatic carbocycles. The minimum absolute atomic E-state index is 0.879. The van der Waals surface area contributed by atoms with E-state index >= 15 is 0 Å². The summed E-state index contributed by atoms with van der Waals surface area (Å²) in [7, 11) is 0.431. The summed E-state index contributed by atoms with van der Waals surface area (Å²) in [5.74, 6) is 0. The minimum Gasteiger partial charge on any atom is -0.458 e. The van der Waals surface area contributed by atoms with Crippen molar-refractivity contribution in [1.82, 2.24) is 0 Å². The Morgan fingerprint density at radius 2 is 1.20 bits per heavy atom. The molecule has 0 aromatic carbocycles. The van der Waals surface area contributed by atoms with Gasteiger partial charge in [-0.3, -0.25) is 0 Å². The predicted molar refractivity (Wildman–Crippen MR) is 92.3 cm³/mol. The molecule has 20 heavy (non-hydrogen) atoms. The van der Waals surface area contributed by atoms with E-state index < -0.39 is 26.2 Å². The summed E-state index contributed by atoms with van der Waals surface area (Å²) in [4.78, 5) is 0. The van der Waals surface area contributed by atoms with Crippen LogP contribution in [0, 0.1) is 0 Å². The second-order valence-corrected chi connectivity index (χ2v) is 16.3. The maximum atomic E-state index is 6.18. The third kappa shape index (κ3) is 8.71. The third-order valence-electron chi connectivity index (χ3n) is 3.50. The lowest BCUT2D eigenvalue weighted by Gasteiger charge is -2.26. The van der Waals surface area contributed by atoms with E-state index in [-0.39, 0.29) is 0 Å². The first-order chi connectivity index (χ1) is 9.31. The van der Waals surface area contributed by atoms with Crippen molar-refractivity contribution in [2.24, 2.45) is 0 Å². The van der Waals surface area contributed by atoms with Crippen molar-refractivity contribution in [3.05, 3.63) is 0 Å². The van der Waals surface area contributed by atoms with Gasteiger partial charge in [-0.1, -0.05) is 19.3 Å². The molecule has 0 saturated heterocycles. The lowest BCUT2D eigenvalue weighted by atomic mass is 10.2. The van der Waals surface area contributed by atoms with E-state index in [4.69, 9.17) is 17.4 Å². The monoisotopic (exact) mass is 338 g/mol. The van der Waals surface area contributed by atoms with E-state index in [9.17, 15) is 0 Å². The van der Waals surface area contributed by atoms with Crippen LogP contribution < -0.4 is 0 Å². The molecule has 0 saturated carbocycles. The topological polar surface area (TPSA) is 36.9 Å². The SMILES string of the molecule is CO[Si](CCCCCC[Si](C)(C)O[SiH](C)C)(OC)OC. The van der Waals surface area contributed by atoms with E-state index in [0.717, 1.165) is 12.5 Å². The molecule has 0 aliphatic rings. The van der Waals surface area contributed by atoms with Crippen molar-refractivity contribution >= 4 is 26.2 Å². The first kappa shape index (κ1) is 20.5. The molecule has 0 fully saturated rings. The van der Waals surface area contributed by atoms with Crippen LogP contribution in [0.2, 0.25) is 38.3 Å². The Kier molecular flexibility index (Phi) is 10.5. The molecule has 0 aromatic rings. The number of rotatable bonds is 12. The van der Waals surface area contributed by atoms with Crippen molar-refractivity contribution in [2.45, 2.75) is 64.0 Å². The summed E-state index contributed by atoms with van der Waals surface area (Å²) >= 11 is 0. The van der Waals surface area contributed by atoms with Gasteiger partial charge >= 0.3 is 8.80 Å². The van der Waals surface area contributed by atoms with Gasteiger partial charge in [-0.05, 0) is 38.7 Å². The molecule has 0 amide bonds. The van der Waals surface area contributed by atoms with Crippen LogP contribution in [-0.2, 0) is 17.4 Å². The molecule has 4 nitrogen and oxygen atoms in total. The average molecular weight is 339 g/mol.